The second kappa shape index (κ2) is 9.08. The first-order valence-electron chi connectivity index (χ1n) is 10.2. The molecule has 0 aliphatic heterocycles. The maximum Gasteiger partial charge on any atom is 0.306 e. The molecule has 2 N–H and O–H groups in total. The van der Waals surface area contributed by atoms with Gasteiger partial charge in [-0.15, -0.1) is 0 Å². The summed E-state index contributed by atoms with van der Waals surface area (Å²) in [6, 6.07) is 18.3. The van der Waals surface area contributed by atoms with Crippen molar-refractivity contribution in [2.45, 2.75) is 12.3 Å². The first kappa shape index (κ1) is 22.0. The van der Waals surface area contributed by atoms with Crippen LogP contribution in [0.25, 0.3) is 22.3 Å². The number of benzene rings is 3. The molecule has 1 unspecified atom stereocenters. The second-order valence-electron chi connectivity index (χ2n) is 7.48. The standard InChI is InChI=1S/C26H22O7/c1-31-17-10-8-15(9-11-17)18(12-23(30)32-2)24-19(27)13-20(28)25-21(29)14-22(33-26(24)25)16-6-4-3-5-7-16/h3-11,13-14,18,27-28H,12H2,1-2H3. The van der Waals surface area contributed by atoms with Crippen LogP contribution in [0.15, 0.2) is 75.9 Å². The van der Waals surface area contributed by atoms with Crippen LogP contribution in [-0.4, -0.2) is 30.4 Å². The predicted molar refractivity (Wildman–Crippen MR) is 123 cm³/mol. The molecule has 168 valence electrons. The average Bonchev–Trinajstić information content (AvgIpc) is 2.83. The highest BCUT2D eigenvalue weighted by molar-refractivity contribution is 5.90. The molecule has 4 rings (SSSR count). The van der Waals surface area contributed by atoms with Gasteiger partial charge >= 0.3 is 5.97 Å². The van der Waals surface area contributed by atoms with Crippen LogP contribution in [0.3, 0.4) is 0 Å². The van der Waals surface area contributed by atoms with Crippen molar-refractivity contribution in [2.75, 3.05) is 14.2 Å². The van der Waals surface area contributed by atoms with E-state index in [0.29, 0.717) is 16.9 Å². The van der Waals surface area contributed by atoms with Crippen molar-refractivity contribution in [3.8, 4) is 28.6 Å². The SMILES string of the molecule is COC(=O)CC(c1ccc(OC)cc1)c1c(O)cc(O)c2c(=O)cc(-c3ccccc3)oc12. The van der Waals surface area contributed by atoms with Crippen molar-refractivity contribution in [3.05, 3.63) is 88.1 Å². The molecule has 1 aromatic heterocycles. The molecule has 7 heteroatoms. The Morgan fingerprint density at radius 3 is 2.30 bits per heavy atom. The van der Waals surface area contributed by atoms with Crippen molar-refractivity contribution < 1.29 is 28.9 Å². The molecule has 0 bridgehead atoms. The van der Waals surface area contributed by atoms with Crippen molar-refractivity contribution in [1.82, 2.24) is 0 Å². The van der Waals surface area contributed by atoms with E-state index in [1.54, 1.807) is 55.6 Å². The molecule has 0 radical (unpaired) electrons. The van der Waals surface area contributed by atoms with E-state index >= 15 is 0 Å². The molecule has 0 saturated carbocycles. The van der Waals surface area contributed by atoms with Gasteiger partial charge in [0.15, 0.2) is 5.43 Å². The van der Waals surface area contributed by atoms with E-state index in [1.165, 1.54) is 13.2 Å². The Hall–Kier alpha value is -4.26. The Labute approximate surface area is 189 Å². The predicted octanol–water partition coefficient (Wildman–Crippen LogP) is 4.57. The number of fused-ring (bicyclic) bond motifs is 1. The number of carbonyl (C=O) groups is 1. The Morgan fingerprint density at radius 2 is 1.67 bits per heavy atom. The number of methoxy groups -OCH3 is 2. The lowest BCUT2D eigenvalue weighted by molar-refractivity contribution is -0.140. The van der Waals surface area contributed by atoms with E-state index < -0.39 is 23.1 Å². The monoisotopic (exact) mass is 446 g/mol. The van der Waals surface area contributed by atoms with Crippen molar-refractivity contribution in [2.24, 2.45) is 0 Å². The molecule has 7 nitrogen and oxygen atoms in total. The molecule has 0 spiro atoms. The minimum absolute atomic E-state index is 0.00331. The molecule has 33 heavy (non-hydrogen) atoms. The average molecular weight is 446 g/mol. The molecule has 1 heterocycles. The number of phenolic OH excluding ortho intramolecular Hbond substituents is 2. The number of carbonyl (C=O) groups excluding carboxylic acids is 1. The van der Waals surface area contributed by atoms with Crippen LogP contribution in [0.5, 0.6) is 17.2 Å². The van der Waals surface area contributed by atoms with Gasteiger partial charge in [0.1, 0.15) is 34.0 Å². The lowest BCUT2D eigenvalue weighted by Crippen LogP contribution is -2.12. The maximum atomic E-state index is 13.0. The van der Waals surface area contributed by atoms with E-state index in [4.69, 9.17) is 13.9 Å². The Bertz CT molecular complexity index is 1360. The molecule has 0 amide bonds. The van der Waals surface area contributed by atoms with Crippen LogP contribution in [0, 0.1) is 0 Å². The Balaban J connectivity index is 2.01. The molecule has 0 fully saturated rings. The normalized spacial score (nSPS) is 11.8. The van der Waals surface area contributed by atoms with Crippen molar-refractivity contribution in [1.29, 1.82) is 0 Å². The largest absolute Gasteiger partial charge is 0.507 e. The molecular formula is C26H22O7. The summed E-state index contributed by atoms with van der Waals surface area (Å²) in [5, 5.41) is 21.2. The van der Waals surface area contributed by atoms with Gasteiger partial charge in [-0.25, -0.2) is 0 Å². The number of hydrogen-bond donors (Lipinski definition) is 2. The van der Waals surface area contributed by atoms with Gasteiger partial charge in [-0.05, 0) is 17.7 Å². The first-order chi connectivity index (χ1) is 15.9. The fourth-order valence-electron chi connectivity index (χ4n) is 3.88. The van der Waals surface area contributed by atoms with Crippen molar-refractivity contribution in [3.63, 3.8) is 0 Å². The van der Waals surface area contributed by atoms with Gasteiger partial charge in [-0.3, -0.25) is 9.59 Å². The molecule has 0 saturated heterocycles. The zero-order chi connectivity index (χ0) is 23.5. The highest BCUT2D eigenvalue weighted by atomic mass is 16.5. The van der Waals surface area contributed by atoms with Gasteiger partial charge in [-0.2, -0.15) is 0 Å². The smallest absolute Gasteiger partial charge is 0.306 e. The Kier molecular flexibility index (Phi) is 6.04. The second-order valence-corrected chi connectivity index (χ2v) is 7.48. The van der Waals surface area contributed by atoms with Crippen LogP contribution in [0.1, 0.15) is 23.5 Å². The zero-order valence-corrected chi connectivity index (χ0v) is 18.1. The van der Waals surface area contributed by atoms with Crippen LogP contribution in [0.4, 0.5) is 0 Å². The summed E-state index contributed by atoms with van der Waals surface area (Å²) < 4.78 is 16.2. The summed E-state index contributed by atoms with van der Waals surface area (Å²) >= 11 is 0. The highest BCUT2D eigenvalue weighted by Gasteiger charge is 2.28. The van der Waals surface area contributed by atoms with E-state index in [2.05, 4.69) is 0 Å². The van der Waals surface area contributed by atoms with Gasteiger partial charge < -0.3 is 24.1 Å². The lowest BCUT2D eigenvalue weighted by atomic mass is 9.86. The number of hydrogen-bond acceptors (Lipinski definition) is 7. The first-order valence-corrected chi connectivity index (χ1v) is 10.2. The summed E-state index contributed by atoms with van der Waals surface area (Å²) in [6.07, 6.45) is -0.129. The summed E-state index contributed by atoms with van der Waals surface area (Å²) in [4.78, 5) is 25.3. The fourth-order valence-corrected chi connectivity index (χ4v) is 3.88. The van der Waals surface area contributed by atoms with E-state index in [-0.39, 0.29) is 34.5 Å². The molecule has 1 atom stereocenters. The molecule has 3 aromatic carbocycles. The van der Waals surface area contributed by atoms with Gasteiger partial charge in [-0.1, -0.05) is 42.5 Å². The fraction of sp³-hybridized carbons (Fsp3) is 0.154. The number of ether oxygens (including phenoxy) is 2. The molecule has 0 aliphatic carbocycles. The van der Waals surface area contributed by atoms with E-state index in [0.717, 1.165) is 6.07 Å². The quantitative estimate of drug-likeness (QED) is 0.418. The zero-order valence-electron chi connectivity index (χ0n) is 18.1. The summed E-state index contributed by atoms with van der Waals surface area (Å²) in [7, 11) is 2.82. The van der Waals surface area contributed by atoms with Crippen LogP contribution in [-0.2, 0) is 9.53 Å². The van der Waals surface area contributed by atoms with E-state index in [1.807, 2.05) is 6.07 Å². The third-order valence-electron chi connectivity index (χ3n) is 5.52. The van der Waals surface area contributed by atoms with Gasteiger partial charge in [0.25, 0.3) is 0 Å². The number of esters is 1. The van der Waals surface area contributed by atoms with Gasteiger partial charge in [0, 0.05) is 29.2 Å². The molecule has 0 aliphatic rings. The Morgan fingerprint density at radius 1 is 0.970 bits per heavy atom. The third-order valence-corrected chi connectivity index (χ3v) is 5.52. The topological polar surface area (TPSA) is 106 Å². The van der Waals surface area contributed by atoms with Crippen LogP contribution < -0.4 is 10.2 Å². The lowest BCUT2D eigenvalue weighted by Gasteiger charge is -2.20. The van der Waals surface area contributed by atoms with Gasteiger partial charge in [0.05, 0.1) is 20.6 Å². The number of rotatable bonds is 6. The number of aromatic hydroxyl groups is 2. The van der Waals surface area contributed by atoms with E-state index in [9.17, 15) is 19.8 Å². The summed E-state index contributed by atoms with van der Waals surface area (Å²) in [5.74, 6) is -1.07. The molecular weight excluding hydrogens is 424 g/mol. The summed E-state index contributed by atoms with van der Waals surface area (Å²) in [6.45, 7) is 0. The highest BCUT2D eigenvalue weighted by Crippen LogP contribution is 2.43. The van der Waals surface area contributed by atoms with Crippen LogP contribution >= 0.6 is 0 Å². The molecule has 4 aromatic rings. The van der Waals surface area contributed by atoms with Crippen molar-refractivity contribution >= 4 is 16.9 Å². The minimum Gasteiger partial charge on any atom is -0.507 e. The number of phenols is 2. The van der Waals surface area contributed by atoms with Crippen LogP contribution in [0.2, 0.25) is 0 Å². The maximum absolute atomic E-state index is 13.0. The summed E-state index contributed by atoms with van der Waals surface area (Å²) in [5.41, 5.74) is 1.05. The third kappa shape index (κ3) is 4.25. The minimum atomic E-state index is -0.722. The van der Waals surface area contributed by atoms with Gasteiger partial charge in [0.2, 0.25) is 0 Å².